The standard InChI is InChI=1S/C30H49N3O4/c1-10-12-13-14-15-19-33(28(35)25(21(3)4)32-29(36)37-30(7,8)9)26(27(34)31-22(5)6)24-18-16-17-23(11-2)20-24/h11,16-18,20-22,25-26H,2,10,12-15,19H2,1,3-9H3,(H,31,34)(H,32,36). The molecule has 3 amide bonds. The van der Waals surface area contributed by atoms with Crippen LogP contribution in [0.1, 0.15) is 105 Å². The van der Waals surface area contributed by atoms with Gasteiger partial charge in [0.1, 0.15) is 17.7 Å². The van der Waals surface area contributed by atoms with Crippen molar-refractivity contribution in [3.05, 3.63) is 42.0 Å². The predicted molar refractivity (Wildman–Crippen MR) is 151 cm³/mol. The molecule has 0 fully saturated rings. The summed E-state index contributed by atoms with van der Waals surface area (Å²) in [6.07, 6.45) is 6.09. The Hall–Kier alpha value is -2.83. The van der Waals surface area contributed by atoms with Gasteiger partial charge in [-0.3, -0.25) is 9.59 Å². The van der Waals surface area contributed by atoms with E-state index in [4.69, 9.17) is 4.74 Å². The van der Waals surface area contributed by atoms with E-state index in [1.165, 1.54) is 0 Å². The van der Waals surface area contributed by atoms with Gasteiger partial charge in [0.05, 0.1) is 0 Å². The highest BCUT2D eigenvalue weighted by Gasteiger charge is 2.37. The van der Waals surface area contributed by atoms with Gasteiger partial charge in [-0.15, -0.1) is 0 Å². The second-order valence-corrected chi connectivity index (χ2v) is 11.3. The lowest BCUT2D eigenvalue weighted by Crippen LogP contribution is -2.55. The molecule has 1 rings (SSSR count). The number of carbonyl (C=O) groups excluding carboxylic acids is 3. The average molecular weight is 516 g/mol. The van der Waals surface area contributed by atoms with Crippen molar-refractivity contribution < 1.29 is 19.1 Å². The first kappa shape index (κ1) is 32.2. The van der Waals surface area contributed by atoms with Gasteiger partial charge in [-0.1, -0.05) is 77.3 Å². The number of amides is 3. The van der Waals surface area contributed by atoms with E-state index in [0.29, 0.717) is 12.1 Å². The molecule has 0 saturated heterocycles. The van der Waals surface area contributed by atoms with Gasteiger partial charge in [-0.2, -0.15) is 0 Å². The van der Waals surface area contributed by atoms with E-state index >= 15 is 0 Å². The van der Waals surface area contributed by atoms with Crippen LogP contribution in [0.15, 0.2) is 30.8 Å². The van der Waals surface area contributed by atoms with Crippen molar-refractivity contribution in [1.29, 1.82) is 0 Å². The van der Waals surface area contributed by atoms with Crippen LogP contribution in [-0.2, 0) is 14.3 Å². The van der Waals surface area contributed by atoms with Crippen LogP contribution >= 0.6 is 0 Å². The van der Waals surface area contributed by atoms with E-state index < -0.39 is 23.8 Å². The fourth-order valence-electron chi connectivity index (χ4n) is 4.07. The molecule has 0 heterocycles. The van der Waals surface area contributed by atoms with Crippen LogP contribution in [0, 0.1) is 5.92 Å². The Morgan fingerprint density at radius 1 is 1.03 bits per heavy atom. The smallest absolute Gasteiger partial charge is 0.408 e. The summed E-state index contributed by atoms with van der Waals surface area (Å²) in [7, 11) is 0. The lowest BCUT2D eigenvalue weighted by molar-refractivity contribution is -0.143. The van der Waals surface area contributed by atoms with E-state index in [9.17, 15) is 14.4 Å². The quantitative estimate of drug-likeness (QED) is 0.287. The number of nitrogens with zero attached hydrogens (tertiary/aromatic N) is 1. The topological polar surface area (TPSA) is 87.7 Å². The Labute approximate surface area is 224 Å². The van der Waals surface area contributed by atoms with Crippen molar-refractivity contribution >= 4 is 24.0 Å². The molecule has 2 unspecified atom stereocenters. The average Bonchev–Trinajstić information content (AvgIpc) is 2.79. The predicted octanol–water partition coefficient (Wildman–Crippen LogP) is 6.24. The molecule has 1 aromatic carbocycles. The maximum Gasteiger partial charge on any atom is 0.408 e. The Balaban J connectivity index is 3.47. The van der Waals surface area contributed by atoms with Crippen LogP contribution in [-0.4, -0.2) is 47.0 Å². The summed E-state index contributed by atoms with van der Waals surface area (Å²) in [4.78, 5) is 42.0. The molecule has 0 aliphatic carbocycles. The highest BCUT2D eigenvalue weighted by molar-refractivity contribution is 5.92. The van der Waals surface area contributed by atoms with Crippen molar-refractivity contribution in [1.82, 2.24) is 15.5 Å². The number of hydrogen-bond acceptors (Lipinski definition) is 4. The summed E-state index contributed by atoms with van der Waals surface area (Å²) >= 11 is 0. The van der Waals surface area contributed by atoms with Crippen LogP contribution in [0.2, 0.25) is 0 Å². The molecule has 7 nitrogen and oxygen atoms in total. The number of hydrogen-bond donors (Lipinski definition) is 2. The first-order valence-electron chi connectivity index (χ1n) is 13.6. The summed E-state index contributed by atoms with van der Waals surface area (Å²) in [5.41, 5.74) is 0.873. The molecular formula is C30H49N3O4. The number of unbranched alkanes of at least 4 members (excludes halogenated alkanes) is 4. The first-order valence-corrected chi connectivity index (χ1v) is 13.6. The van der Waals surface area contributed by atoms with Gasteiger partial charge < -0.3 is 20.3 Å². The third kappa shape index (κ3) is 11.4. The summed E-state index contributed by atoms with van der Waals surface area (Å²) in [6.45, 7) is 19.3. The number of alkyl carbamates (subject to hydrolysis) is 1. The van der Waals surface area contributed by atoms with Crippen LogP contribution in [0.3, 0.4) is 0 Å². The summed E-state index contributed by atoms with van der Waals surface area (Å²) in [5, 5.41) is 5.77. The first-order chi connectivity index (χ1) is 17.3. The molecule has 0 aliphatic heterocycles. The molecule has 0 radical (unpaired) electrons. The zero-order valence-electron chi connectivity index (χ0n) is 24.2. The molecule has 7 heteroatoms. The Morgan fingerprint density at radius 2 is 1.68 bits per heavy atom. The maximum atomic E-state index is 14.1. The lowest BCUT2D eigenvalue weighted by Gasteiger charge is -2.36. The third-order valence-corrected chi connectivity index (χ3v) is 5.84. The Bertz CT molecular complexity index is 889. The minimum Gasteiger partial charge on any atom is -0.444 e. The third-order valence-electron chi connectivity index (χ3n) is 5.84. The minimum atomic E-state index is -0.845. The summed E-state index contributed by atoms with van der Waals surface area (Å²) < 4.78 is 5.44. The van der Waals surface area contributed by atoms with Crippen molar-refractivity contribution in [3.63, 3.8) is 0 Å². The second-order valence-electron chi connectivity index (χ2n) is 11.3. The van der Waals surface area contributed by atoms with Crippen molar-refractivity contribution in [3.8, 4) is 0 Å². The Morgan fingerprint density at radius 3 is 2.22 bits per heavy atom. The van der Waals surface area contributed by atoms with E-state index in [2.05, 4.69) is 24.1 Å². The second kappa shape index (κ2) is 15.4. The van der Waals surface area contributed by atoms with E-state index in [0.717, 1.165) is 37.7 Å². The van der Waals surface area contributed by atoms with E-state index in [-0.39, 0.29) is 23.8 Å². The van der Waals surface area contributed by atoms with Crippen molar-refractivity contribution in [2.24, 2.45) is 5.92 Å². The van der Waals surface area contributed by atoms with Gasteiger partial charge in [0.15, 0.2) is 0 Å². The van der Waals surface area contributed by atoms with Gasteiger partial charge in [-0.25, -0.2) is 4.79 Å². The van der Waals surface area contributed by atoms with Gasteiger partial charge in [0.2, 0.25) is 11.8 Å². The monoisotopic (exact) mass is 515 g/mol. The summed E-state index contributed by atoms with van der Waals surface area (Å²) in [6, 6.07) is 5.74. The van der Waals surface area contributed by atoms with Gasteiger partial charge in [0.25, 0.3) is 0 Å². The van der Waals surface area contributed by atoms with E-state index in [1.807, 2.05) is 52.0 Å². The van der Waals surface area contributed by atoms with Crippen LogP contribution in [0.4, 0.5) is 4.79 Å². The van der Waals surface area contributed by atoms with Crippen molar-refractivity contribution in [2.45, 2.75) is 111 Å². The Kier molecular flexibility index (Phi) is 13.4. The maximum absolute atomic E-state index is 14.1. The molecule has 1 aromatic rings. The molecular weight excluding hydrogens is 466 g/mol. The molecule has 0 aromatic heterocycles. The number of nitrogens with one attached hydrogen (secondary N) is 2. The van der Waals surface area contributed by atoms with Crippen molar-refractivity contribution in [2.75, 3.05) is 6.54 Å². The number of ether oxygens (including phenoxy) is 1. The van der Waals surface area contributed by atoms with Crippen LogP contribution in [0.5, 0.6) is 0 Å². The number of rotatable bonds is 14. The fraction of sp³-hybridized carbons (Fsp3) is 0.633. The molecule has 0 spiro atoms. The molecule has 37 heavy (non-hydrogen) atoms. The number of benzene rings is 1. The van der Waals surface area contributed by atoms with Gasteiger partial charge in [-0.05, 0) is 64.2 Å². The molecule has 0 bridgehead atoms. The van der Waals surface area contributed by atoms with Gasteiger partial charge >= 0.3 is 6.09 Å². The SMILES string of the molecule is C=Cc1cccc(C(C(=O)NC(C)C)N(CCCCCCC)C(=O)C(NC(=O)OC(C)(C)C)C(C)C)c1. The fourth-order valence-corrected chi connectivity index (χ4v) is 4.07. The highest BCUT2D eigenvalue weighted by atomic mass is 16.6. The van der Waals surface area contributed by atoms with E-state index in [1.54, 1.807) is 31.7 Å². The minimum absolute atomic E-state index is 0.0973. The zero-order valence-corrected chi connectivity index (χ0v) is 24.2. The van der Waals surface area contributed by atoms with Gasteiger partial charge in [0, 0.05) is 12.6 Å². The van der Waals surface area contributed by atoms with Crippen LogP contribution in [0.25, 0.3) is 6.08 Å². The number of carbonyl (C=O) groups is 3. The zero-order chi connectivity index (χ0) is 28.2. The van der Waals surface area contributed by atoms with Crippen LogP contribution < -0.4 is 10.6 Å². The molecule has 0 saturated carbocycles. The largest absolute Gasteiger partial charge is 0.444 e. The highest BCUT2D eigenvalue weighted by Crippen LogP contribution is 2.26. The summed E-state index contributed by atoms with van der Waals surface area (Å²) in [5.74, 6) is -0.766. The molecule has 0 aliphatic rings. The lowest BCUT2D eigenvalue weighted by atomic mass is 9.97. The molecule has 2 N–H and O–H groups in total. The molecule has 208 valence electrons. The molecule has 2 atom stereocenters. The normalized spacial score (nSPS) is 13.1.